The smallest absolute Gasteiger partial charge is 0.104 e. The number of nitriles is 1. The van der Waals surface area contributed by atoms with Crippen molar-refractivity contribution in [3.63, 3.8) is 0 Å². The first kappa shape index (κ1) is 12.8. The monoisotopic (exact) mass is 200 g/mol. The third-order valence-electron chi connectivity index (χ3n) is 1.96. The molecule has 0 aromatic heterocycles. The van der Waals surface area contributed by atoms with Gasteiger partial charge < -0.3 is 0 Å². The van der Waals surface area contributed by atoms with Crippen molar-refractivity contribution in [2.24, 2.45) is 0 Å². The van der Waals surface area contributed by atoms with Gasteiger partial charge in [-0.3, -0.25) is 5.32 Å². The summed E-state index contributed by atoms with van der Waals surface area (Å²) in [6.07, 6.45) is 2.01. The van der Waals surface area contributed by atoms with E-state index in [-0.39, 0.29) is 5.54 Å². The molecule has 0 aromatic rings. The van der Waals surface area contributed by atoms with Crippen LogP contribution in [-0.4, -0.2) is 23.6 Å². The van der Waals surface area contributed by atoms with Crippen LogP contribution in [0.15, 0.2) is 0 Å². The van der Waals surface area contributed by atoms with Crippen LogP contribution in [0.5, 0.6) is 0 Å². The third kappa shape index (κ3) is 5.95. The Balaban J connectivity index is 3.76. The van der Waals surface area contributed by atoms with Gasteiger partial charge >= 0.3 is 0 Å². The molecule has 0 rings (SSSR count). The van der Waals surface area contributed by atoms with E-state index >= 15 is 0 Å². The molecule has 0 saturated heterocycles. The maximum atomic E-state index is 8.99. The van der Waals surface area contributed by atoms with E-state index in [4.69, 9.17) is 5.26 Å². The van der Waals surface area contributed by atoms with Crippen molar-refractivity contribution in [1.29, 1.82) is 5.26 Å². The van der Waals surface area contributed by atoms with Gasteiger partial charge in [-0.15, -0.1) is 0 Å². The van der Waals surface area contributed by atoms with Gasteiger partial charge in [-0.1, -0.05) is 13.8 Å². The molecule has 0 saturated carbocycles. The molecule has 76 valence electrons. The third-order valence-corrected chi connectivity index (χ3v) is 2.86. The van der Waals surface area contributed by atoms with Crippen LogP contribution >= 0.6 is 11.8 Å². The predicted molar refractivity (Wildman–Crippen MR) is 59.9 cm³/mol. The zero-order chi connectivity index (χ0) is 10.2. The molecule has 13 heavy (non-hydrogen) atoms. The molecule has 0 aliphatic heterocycles. The fourth-order valence-corrected chi connectivity index (χ4v) is 1.85. The fraction of sp³-hybridized carbons (Fsp3) is 0.900. The Morgan fingerprint density at radius 3 is 2.62 bits per heavy atom. The lowest BCUT2D eigenvalue weighted by molar-refractivity contribution is 0.437. The van der Waals surface area contributed by atoms with Gasteiger partial charge in [0.1, 0.15) is 5.54 Å². The van der Waals surface area contributed by atoms with Crippen molar-refractivity contribution in [2.45, 2.75) is 39.2 Å². The molecule has 1 unspecified atom stereocenters. The van der Waals surface area contributed by atoms with Crippen molar-refractivity contribution >= 4 is 11.8 Å². The number of rotatable bonds is 7. The molecule has 2 nitrogen and oxygen atoms in total. The van der Waals surface area contributed by atoms with Crippen molar-refractivity contribution in [3.05, 3.63) is 0 Å². The van der Waals surface area contributed by atoms with E-state index in [1.54, 1.807) is 0 Å². The number of nitrogens with one attached hydrogen (secondary N) is 1. The first-order valence-electron chi connectivity index (χ1n) is 4.92. The molecule has 0 aliphatic rings. The molecule has 0 spiro atoms. The standard InChI is InChI=1S/C10H20N2S/c1-4-7-12-10(3,9-11)6-8-13-5-2/h12H,4-8H2,1-3H3. The van der Waals surface area contributed by atoms with Gasteiger partial charge in [0.15, 0.2) is 0 Å². The lowest BCUT2D eigenvalue weighted by Gasteiger charge is -2.22. The molecule has 0 aromatic carbocycles. The second kappa shape index (κ2) is 7.23. The van der Waals surface area contributed by atoms with Crippen LogP contribution < -0.4 is 5.32 Å². The van der Waals surface area contributed by atoms with Crippen molar-refractivity contribution in [1.82, 2.24) is 5.32 Å². The highest BCUT2D eigenvalue weighted by atomic mass is 32.2. The van der Waals surface area contributed by atoms with E-state index in [9.17, 15) is 0 Å². The highest BCUT2D eigenvalue weighted by Crippen LogP contribution is 2.13. The number of hydrogen-bond acceptors (Lipinski definition) is 3. The molecule has 1 atom stereocenters. The molecular weight excluding hydrogens is 180 g/mol. The summed E-state index contributed by atoms with van der Waals surface area (Å²) in [5.41, 5.74) is -0.321. The topological polar surface area (TPSA) is 35.8 Å². The summed E-state index contributed by atoms with van der Waals surface area (Å²) < 4.78 is 0. The van der Waals surface area contributed by atoms with Gasteiger partial charge in [0.2, 0.25) is 0 Å². The van der Waals surface area contributed by atoms with Gasteiger partial charge in [0, 0.05) is 0 Å². The summed E-state index contributed by atoms with van der Waals surface area (Å²) in [4.78, 5) is 0. The van der Waals surface area contributed by atoms with Crippen molar-refractivity contribution in [3.8, 4) is 6.07 Å². The first-order valence-corrected chi connectivity index (χ1v) is 6.08. The highest BCUT2D eigenvalue weighted by molar-refractivity contribution is 7.99. The van der Waals surface area contributed by atoms with Crippen molar-refractivity contribution in [2.75, 3.05) is 18.1 Å². The Bertz CT molecular complexity index is 165. The highest BCUT2D eigenvalue weighted by Gasteiger charge is 2.21. The first-order chi connectivity index (χ1) is 6.18. The Kier molecular flexibility index (Phi) is 7.12. The van der Waals surface area contributed by atoms with Crippen LogP contribution in [0.25, 0.3) is 0 Å². The molecule has 0 bridgehead atoms. The fourth-order valence-electron chi connectivity index (χ4n) is 1.01. The number of nitrogens with zero attached hydrogens (tertiary/aromatic N) is 1. The average Bonchev–Trinajstić information content (AvgIpc) is 2.15. The summed E-state index contributed by atoms with van der Waals surface area (Å²) in [6, 6.07) is 2.35. The molecular formula is C10H20N2S. The van der Waals surface area contributed by atoms with Gasteiger partial charge in [-0.25, -0.2) is 0 Å². The van der Waals surface area contributed by atoms with E-state index in [0.29, 0.717) is 0 Å². The van der Waals surface area contributed by atoms with Crippen molar-refractivity contribution < 1.29 is 0 Å². The lowest BCUT2D eigenvalue weighted by atomic mass is 10.0. The van der Waals surface area contributed by atoms with Gasteiger partial charge in [0.25, 0.3) is 0 Å². The average molecular weight is 200 g/mol. The summed E-state index contributed by atoms with van der Waals surface area (Å²) in [7, 11) is 0. The molecule has 0 amide bonds. The minimum Gasteiger partial charge on any atom is -0.300 e. The summed E-state index contributed by atoms with van der Waals surface area (Å²) in [6.45, 7) is 7.18. The number of thioether (sulfide) groups is 1. The minimum absolute atomic E-state index is 0.321. The maximum Gasteiger partial charge on any atom is 0.104 e. The Hall–Kier alpha value is -0.200. The van der Waals surface area contributed by atoms with E-state index in [0.717, 1.165) is 30.9 Å². The van der Waals surface area contributed by atoms with E-state index in [1.807, 2.05) is 18.7 Å². The molecule has 1 N–H and O–H groups in total. The lowest BCUT2D eigenvalue weighted by Crippen LogP contribution is -2.41. The normalized spacial score (nSPS) is 14.9. The molecule has 0 fully saturated rings. The Morgan fingerprint density at radius 1 is 1.46 bits per heavy atom. The van der Waals surface area contributed by atoms with E-state index in [2.05, 4.69) is 25.2 Å². The Labute approximate surface area is 86.1 Å². The SMILES string of the molecule is CCCNC(C)(C#N)CCSCC. The van der Waals surface area contributed by atoms with Crippen LogP contribution in [0.1, 0.15) is 33.6 Å². The largest absolute Gasteiger partial charge is 0.300 e. The van der Waals surface area contributed by atoms with Crippen LogP contribution in [0.4, 0.5) is 0 Å². The minimum atomic E-state index is -0.321. The maximum absolute atomic E-state index is 8.99. The van der Waals surface area contributed by atoms with Gasteiger partial charge in [-0.2, -0.15) is 17.0 Å². The van der Waals surface area contributed by atoms with E-state index < -0.39 is 0 Å². The summed E-state index contributed by atoms with van der Waals surface area (Å²) >= 11 is 1.89. The van der Waals surface area contributed by atoms with Gasteiger partial charge in [-0.05, 0) is 37.8 Å². The molecule has 0 aliphatic carbocycles. The second-order valence-electron chi connectivity index (χ2n) is 3.32. The second-order valence-corrected chi connectivity index (χ2v) is 4.71. The van der Waals surface area contributed by atoms with Crippen LogP contribution in [0.3, 0.4) is 0 Å². The zero-order valence-electron chi connectivity index (χ0n) is 8.89. The van der Waals surface area contributed by atoms with Gasteiger partial charge in [0.05, 0.1) is 6.07 Å². The van der Waals surface area contributed by atoms with Crippen LogP contribution in [0, 0.1) is 11.3 Å². The molecule has 0 radical (unpaired) electrons. The Morgan fingerprint density at radius 2 is 2.15 bits per heavy atom. The van der Waals surface area contributed by atoms with Crippen LogP contribution in [-0.2, 0) is 0 Å². The molecule has 3 heteroatoms. The molecule has 0 heterocycles. The summed E-state index contributed by atoms with van der Waals surface area (Å²) in [5, 5.41) is 12.3. The van der Waals surface area contributed by atoms with E-state index in [1.165, 1.54) is 0 Å². The summed E-state index contributed by atoms with van der Waals surface area (Å²) in [5.74, 6) is 2.20. The predicted octanol–water partition coefficient (Wildman–Crippen LogP) is 2.41. The zero-order valence-corrected chi connectivity index (χ0v) is 9.71. The number of hydrogen-bond donors (Lipinski definition) is 1. The van der Waals surface area contributed by atoms with Crippen LogP contribution in [0.2, 0.25) is 0 Å². The quantitative estimate of drug-likeness (QED) is 0.641.